The third-order valence-corrected chi connectivity index (χ3v) is 2.65. The first-order valence-electron chi connectivity index (χ1n) is 5.54. The molecule has 0 saturated carbocycles. The Kier molecular flexibility index (Phi) is 4.61. The SMILES string of the molecule is CC(C)(CC(N)=O)NC(=O)c1ccnc(Cl)c1[N+](=O)[O-]. The summed E-state index contributed by atoms with van der Waals surface area (Å²) in [5.41, 5.74) is 3.32. The predicted octanol–water partition coefficient (Wildman–Crippen LogP) is 1.03. The second-order valence-corrected chi connectivity index (χ2v) is 5.09. The molecule has 1 aromatic rings. The molecule has 1 heterocycles. The van der Waals surface area contributed by atoms with E-state index in [1.807, 2.05) is 0 Å². The van der Waals surface area contributed by atoms with Crippen LogP contribution in [0.5, 0.6) is 0 Å². The maximum absolute atomic E-state index is 12.1. The number of nitrogens with zero attached hydrogens (tertiary/aromatic N) is 2. The summed E-state index contributed by atoms with van der Waals surface area (Å²) in [5.74, 6) is -1.33. The number of nitrogens with two attached hydrogens (primary N) is 1. The molecule has 8 nitrogen and oxygen atoms in total. The lowest BCUT2D eigenvalue weighted by molar-refractivity contribution is -0.385. The fourth-order valence-electron chi connectivity index (χ4n) is 1.64. The van der Waals surface area contributed by atoms with Crippen molar-refractivity contribution in [3.8, 4) is 0 Å². The molecule has 0 aliphatic carbocycles. The summed E-state index contributed by atoms with van der Waals surface area (Å²) < 4.78 is 0. The zero-order valence-electron chi connectivity index (χ0n) is 10.8. The van der Waals surface area contributed by atoms with Crippen LogP contribution in [-0.4, -0.2) is 27.3 Å². The Morgan fingerprint density at radius 2 is 2.15 bits per heavy atom. The van der Waals surface area contributed by atoms with Crippen LogP contribution in [0.25, 0.3) is 0 Å². The number of hydrogen-bond donors (Lipinski definition) is 2. The van der Waals surface area contributed by atoms with Crippen molar-refractivity contribution in [2.24, 2.45) is 5.73 Å². The van der Waals surface area contributed by atoms with Crippen molar-refractivity contribution >= 4 is 29.1 Å². The largest absolute Gasteiger partial charge is 0.370 e. The van der Waals surface area contributed by atoms with E-state index in [-0.39, 0.29) is 17.1 Å². The molecule has 1 rings (SSSR count). The molecule has 0 atom stereocenters. The van der Waals surface area contributed by atoms with Crippen LogP contribution in [-0.2, 0) is 4.79 Å². The van der Waals surface area contributed by atoms with Gasteiger partial charge in [0.2, 0.25) is 11.1 Å². The number of nitrogens with one attached hydrogen (secondary N) is 1. The van der Waals surface area contributed by atoms with Crippen LogP contribution in [0.3, 0.4) is 0 Å². The van der Waals surface area contributed by atoms with Gasteiger partial charge in [-0.15, -0.1) is 0 Å². The first-order valence-corrected chi connectivity index (χ1v) is 5.91. The molecule has 0 saturated heterocycles. The van der Waals surface area contributed by atoms with E-state index >= 15 is 0 Å². The van der Waals surface area contributed by atoms with E-state index in [1.54, 1.807) is 13.8 Å². The van der Waals surface area contributed by atoms with Crippen molar-refractivity contribution < 1.29 is 14.5 Å². The summed E-state index contributed by atoms with van der Waals surface area (Å²) >= 11 is 5.62. The molecule has 1 aromatic heterocycles. The Balaban J connectivity index is 3.08. The maximum atomic E-state index is 12.1. The molecular weight excluding hydrogens is 288 g/mol. The number of hydrogen-bond acceptors (Lipinski definition) is 5. The fourth-order valence-corrected chi connectivity index (χ4v) is 1.87. The van der Waals surface area contributed by atoms with Gasteiger partial charge in [-0.3, -0.25) is 19.7 Å². The van der Waals surface area contributed by atoms with Gasteiger partial charge in [0.1, 0.15) is 5.56 Å². The van der Waals surface area contributed by atoms with Crippen LogP contribution < -0.4 is 11.1 Å². The number of carbonyl (C=O) groups is 2. The van der Waals surface area contributed by atoms with Gasteiger partial charge in [-0.1, -0.05) is 11.6 Å². The van der Waals surface area contributed by atoms with Crippen molar-refractivity contribution in [2.45, 2.75) is 25.8 Å². The van der Waals surface area contributed by atoms with Gasteiger partial charge >= 0.3 is 5.69 Å². The van der Waals surface area contributed by atoms with Crippen LogP contribution in [0.2, 0.25) is 5.15 Å². The highest BCUT2D eigenvalue weighted by molar-refractivity contribution is 6.32. The van der Waals surface area contributed by atoms with E-state index in [4.69, 9.17) is 17.3 Å². The summed E-state index contributed by atoms with van der Waals surface area (Å²) in [5, 5.41) is 13.0. The Hall–Kier alpha value is -2.22. The van der Waals surface area contributed by atoms with Crippen LogP contribution in [0.1, 0.15) is 30.6 Å². The van der Waals surface area contributed by atoms with Crippen LogP contribution in [0, 0.1) is 10.1 Å². The number of pyridine rings is 1. The summed E-state index contributed by atoms with van der Waals surface area (Å²) in [6, 6.07) is 1.18. The molecule has 0 fully saturated rings. The van der Waals surface area contributed by atoms with E-state index in [0.717, 1.165) is 0 Å². The van der Waals surface area contributed by atoms with E-state index < -0.39 is 28.0 Å². The predicted molar refractivity (Wildman–Crippen MR) is 71.3 cm³/mol. The molecule has 0 bridgehead atoms. The number of primary amides is 1. The van der Waals surface area contributed by atoms with E-state index in [0.29, 0.717) is 0 Å². The van der Waals surface area contributed by atoms with Crippen molar-refractivity contribution in [3.05, 3.63) is 33.1 Å². The number of amides is 2. The molecule has 2 amide bonds. The number of aromatic nitrogens is 1. The van der Waals surface area contributed by atoms with Gasteiger partial charge in [0.05, 0.1) is 4.92 Å². The molecule has 0 aliphatic heterocycles. The van der Waals surface area contributed by atoms with Crippen molar-refractivity contribution in [3.63, 3.8) is 0 Å². The monoisotopic (exact) mass is 300 g/mol. The second kappa shape index (κ2) is 5.83. The minimum absolute atomic E-state index is 0.106. The highest BCUT2D eigenvalue weighted by Gasteiger charge is 2.29. The summed E-state index contributed by atoms with van der Waals surface area (Å²) in [6.07, 6.45) is 1.08. The highest BCUT2D eigenvalue weighted by atomic mass is 35.5. The van der Waals surface area contributed by atoms with Gasteiger partial charge < -0.3 is 11.1 Å². The second-order valence-electron chi connectivity index (χ2n) is 4.74. The zero-order chi connectivity index (χ0) is 15.5. The third kappa shape index (κ3) is 3.89. The van der Waals surface area contributed by atoms with Gasteiger partial charge in [-0.2, -0.15) is 0 Å². The number of nitro groups is 1. The number of halogens is 1. The van der Waals surface area contributed by atoms with Gasteiger partial charge in [0.15, 0.2) is 0 Å². The minimum Gasteiger partial charge on any atom is -0.370 e. The Morgan fingerprint density at radius 1 is 1.55 bits per heavy atom. The average Bonchev–Trinajstić information content (AvgIpc) is 2.25. The molecule has 0 spiro atoms. The molecule has 0 aromatic carbocycles. The number of carbonyl (C=O) groups excluding carboxylic acids is 2. The smallest absolute Gasteiger partial charge is 0.319 e. The van der Waals surface area contributed by atoms with Crippen LogP contribution in [0.15, 0.2) is 12.3 Å². The van der Waals surface area contributed by atoms with Crippen LogP contribution >= 0.6 is 11.6 Å². The standard InChI is InChI=1S/C11H13ClN4O4/c1-11(2,5-7(13)17)15-10(18)6-3-4-14-9(12)8(6)16(19)20/h3-4H,5H2,1-2H3,(H2,13,17)(H,15,18). The van der Waals surface area contributed by atoms with Gasteiger partial charge in [-0.25, -0.2) is 4.98 Å². The molecule has 108 valence electrons. The first kappa shape index (κ1) is 15.8. The zero-order valence-corrected chi connectivity index (χ0v) is 11.6. The quantitative estimate of drug-likeness (QED) is 0.476. The lowest BCUT2D eigenvalue weighted by Crippen LogP contribution is -2.46. The molecule has 9 heteroatoms. The third-order valence-electron chi connectivity index (χ3n) is 2.37. The Labute approximate surface area is 119 Å². The van der Waals surface area contributed by atoms with Gasteiger partial charge in [0.25, 0.3) is 5.91 Å². The lowest BCUT2D eigenvalue weighted by atomic mass is 9.99. The van der Waals surface area contributed by atoms with Crippen molar-refractivity contribution in [1.29, 1.82) is 0 Å². The van der Waals surface area contributed by atoms with Crippen LogP contribution in [0.4, 0.5) is 5.69 Å². The highest BCUT2D eigenvalue weighted by Crippen LogP contribution is 2.26. The summed E-state index contributed by atoms with van der Waals surface area (Å²) in [6.45, 7) is 3.15. The van der Waals surface area contributed by atoms with Crippen molar-refractivity contribution in [1.82, 2.24) is 10.3 Å². The lowest BCUT2D eigenvalue weighted by Gasteiger charge is -2.24. The summed E-state index contributed by atoms with van der Waals surface area (Å²) in [4.78, 5) is 36.6. The molecular formula is C11H13ClN4O4. The minimum atomic E-state index is -0.938. The topological polar surface area (TPSA) is 128 Å². The normalized spacial score (nSPS) is 10.9. The maximum Gasteiger partial charge on any atom is 0.319 e. The average molecular weight is 301 g/mol. The van der Waals surface area contributed by atoms with E-state index in [2.05, 4.69) is 10.3 Å². The molecule has 3 N–H and O–H groups in total. The molecule has 20 heavy (non-hydrogen) atoms. The summed E-state index contributed by atoms with van der Waals surface area (Å²) in [7, 11) is 0. The van der Waals surface area contributed by atoms with Gasteiger partial charge in [0, 0.05) is 18.2 Å². The fraction of sp³-hybridized carbons (Fsp3) is 0.364. The number of rotatable bonds is 5. The Morgan fingerprint density at radius 3 is 2.65 bits per heavy atom. The van der Waals surface area contributed by atoms with E-state index in [9.17, 15) is 19.7 Å². The Bertz CT molecular complexity index is 574. The molecule has 0 unspecified atom stereocenters. The van der Waals surface area contributed by atoms with Crippen molar-refractivity contribution in [2.75, 3.05) is 0 Å². The van der Waals surface area contributed by atoms with Gasteiger partial charge in [-0.05, 0) is 19.9 Å². The molecule has 0 radical (unpaired) electrons. The van der Waals surface area contributed by atoms with E-state index in [1.165, 1.54) is 12.3 Å². The first-order chi connectivity index (χ1) is 9.14. The molecule has 0 aliphatic rings.